The molecule has 1 heterocycles. The van der Waals surface area contributed by atoms with Gasteiger partial charge in [0.05, 0.1) is 5.56 Å². The number of hydrogen-bond acceptors (Lipinski definition) is 5. The van der Waals surface area contributed by atoms with Gasteiger partial charge in [-0.15, -0.1) is 0 Å². The molecule has 0 aliphatic heterocycles. The van der Waals surface area contributed by atoms with E-state index in [1.165, 1.54) is 6.92 Å². The number of esters is 1. The van der Waals surface area contributed by atoms with E-state index >= 15 is 0 Å². The van der Waals surface area contributed by atoms with Crippen LogP contribution in [0.15, 0.2) is 22.7 Å². The molecule has 5 heteroatoms. The summed E-state index contributed by atoms with van der Waals surface area (Å²) in [6.45, 7) is 4.97. The summed E-state index contributed by atoms with van der Waals surface area (Å²) >= 11 is 0. The van der Waals surface area contributed by atoms with E-state index in [9.17, 15) is 4.79 Å². The summed E-state index contributed by atoms with van der Waals surface area (Å²) < 4.78 is 10.0. The fourth-order valence-electron chi connectivity index (χ4n) is 1.46. The van der Waals surface area contributed by atoms with Crippen molar-refractivity contribution in [3.05, 3.63) is 29.7 Å². The lowest BCUT2D eigenvalue weighted by Gasteiger charge is -2.06. The van der Waals surface area contributed by atoms with Gasteiger partial charge in [-0.1, -0.05) is 11.2 Å². The molecule has 1 aromatic heterocycles. The zero-order chi connectivity index (χ0) is 12.4. The lowest BCUT2D eigenvalue weighted by Crippen LogP contribution is -2.03. The van der Waals surface area contributed by atoms with Gasteiger partial charge in [0.1, 0.15) is 5.75 Å². The Morgan fingerprint density at radius 1 is 1.35 bits per heavy atom. The number of aryl methyl sites for hydroxylation is 2. The number of carbonyl (C=O) groups excluding carboxylic acids is 1. The first-order valence-electron chi connectivity index (χ1n) is 5.16. The third kappa shape index (κ3) is 2.50. The van der Waals surface area contributed by atoms with E-state index in [4.69, 9.17) is 9.26 Å². The predicted molar refractivity (Wildman–Crippen MR) is 60.5 cm³/mol. The molecule has 0 spiro atoms. The van der Waals surface area contributed by atoms with Crippen molar-refractivity contribution < 1.29 is 14.1 Å². The van der Waals surface area contributed by atoms with Gasteiger partial charge in [-0.2, -0.15) is 4.98 Å². The minimum absolute atomic E-state index is 0.378. The second kappa shape index (κ2) is 4.37. The SMILES string of the molecule is CC(=O)Oc1cc(C)ccc1-c1noc(C)n1. The molecule has 2 aromatic rings. The maximum Gasteiger partial charge on any atom is 0.308 e. The van der Waals surface area contributed by atoms with Crippen LogP contribution in [-0.2, 0) is 4.79 Å². The third-order valence-electron chi connectivity index (χ3n) is 2.16. The minimum atomic E-state index is -0.378. The van der Waals surface area contributed by atoms with Crippen LogP contribution in [-0.4, -0.2) is 16.1 Å². The van der Waals surface area contributed by atoms with Crippen molar-refractivity contribution in [3.8, 4) is 17.1 Å². The van der Waals surface area contributed by atoms with Crippen LogP contribution in [0, 0.1) is 13.8 Å². The average Bonchev–Trinajstić information content (AvgIpc) is 2.64. The topological polar surface area (TPSA) is 65.2 Å². The van der Waals surface area contributed by atoms with Crippen molar-refractivity contribution >= 4 is 5.97 Å². The molecule has 88 valence electrons. The van der Waals surface area contributed by atoms with E-state index in [0.29, 0.717) is 23.0 Å². The van der Waals surface area contributed by atoms with Crippen molar-refractivity contribution in [1.29, 1.82) is 0 Å². The first-order valence-corrected chi connectivity index (χ1v) is 5.16. The Balaban J connectivity index is 2.49. The first-order chi connectivity index (χ1) is 8.06. The molecule has 0 saturated carbocycles. The van der Waals surface area contributed by atoms with Gasteiger partial charge in [0, 0.05) is 13.8 Å². The standard InChI is InChI=1S/C12H12N2O3/c1-7-4-5-10(11(6-7)16-9(3)15)12-13-8(2)17-14-12/h4-6H,1-3H3. The number of benzene rings is 1. The van der Waals surface area contributed by atoms with E-state index in [-0.39, 0.29) is 5.97 Å². The number of nitrogens with zero attached hydrogens (tertiary/aromatic N) is 2. The zero-order valence-electron chi connectivity index (χ0n) is 9.85. The fraction of sp³-hybridized carbons (Fsp3) is 0.250. The van der Waals surface area contributed by atoms with Crippen molar-refractivity contribution in [3.63, 3.8) is 0 Å². The second-order valence-corrected chi connectivity index (χ2v) is 3.73. The predicted octanol–water partition coefficient (Wildman–Crippen LogP) is 2.28. The number of carbonyl (C=O) groups is 1. The highest BCUT2D eigenvalue weighted by Gasteiger charge is 2.13. The van der Waals surface area contributed by atoms with Gasteiger partial charge in [0.25, 0.3) is 0 Å². The monoisotopic (exact) mass is 232 g/mol. The van der Waals surface area contributed by atoms with Crippen LogP contribution in [0.4, 0.5) is 0 Å². The van der Waals surface area contributed by atoms with Crippen molar-refractivity contribution in [1.82, 2.24) is 10.1 Å². The highest BCUT2D eigenvalue weighted by Crippen LogP contribution is 2.29. The molecule has 0 saturated heterocycles. The van der Waals surface area contributed by atoms with Crippen molar-refractivity contribution in [2.24, 2.45) is 0 Å². The highest BCUT2D eigenvalue weighted by molar-refractivity contribution is 5.74. The third-order valence-corrected chi connectivity index (χ3v) is 2.16. The lowest BCUT2D eigenvalue weighted by atomic mass is 10.1. The molecule has 0 aliphatic carbocycles. The van der Waals surface area contributed by atoms with Gasteiger partial charge in [0.2, 0.25) is 11.7 Å². The molecule has 1 aromatic carbocycles. The van der Waals surface area contributed by atoms with E-state index in [0.717, 1.165) is 5.56 Å². The molecule has 0 atom stereocenters. The molecule has 0 aliphatic rings. The van der Waals surface area contributed by atoms with E-state index in [2.05, 4.69) is 10.1 Å². The first kappa shape index (κ1) is 11.3. The summed E-state index contributed by atoms with van der Waals surface area (Å²) in [6.07, 6.45) is 0. The molecule has 17 heavy (non-hydrogen) atoms. The van der Waals surface area contributed by atoms with Crippen LogP contribution in [0.25, 0.3) is 11.4 Å². The molecule has 2 rings (SSSR count). The van der Waals surface area contributed by atoms with Gasteiger partial charge >= 0.3 is 5.97 Å². The number of hydrogen-bond donors (Lipinski definition) is 0. The summed E-state index contributed by atoms with van der Waals surface area (Å²) in [4.78, 5) is 15.1. The van der Waals surface area contributed by atoms with Gasteiger partial charge < -0.3 is 9.26 Å². The minimum Gasteiger partial charge on any atom is -0.426 e. The summed E-state index contributed by atoms with van der Waals surface area (Å²) in [7, 11) is 0. The van der Waals surface area contributed by atoms with E-state index in [1.807, 2.05) is 13.0 Å². The van der Waals surface area contributed by atoms with Crippen molar-refractivity contribution in [2.45, 2.75) is 20.8 Å². The summed E-state index contributed by atoms with van der Waals surface area (Å²) in [6, 6.07) is 5.47. The van der Waals surface area contributed by atoms with Crippen LogP contribution >= 0.6 is 0 Å². The summed E-state index contributed by atoms with van der Waals surface area (Å²) in [5.74, 6) is 0.948. The van der Waals surface area contributed by atoms with Crippen LogP contribution in [0.3, 0.4) is 0 Å². The Hall–Kier alpha value is -2.17. The molecule has 0 unspecified atom stereocenters. The summed E-state index contributed by atoms with van der Waals surface area (Å²) in [5, 5.41) is 3.81. The smallest absolute Gasteiger partial charge is 0.308 e. The van der Waals surface area contributed by atoms with E-state index in [1.54, 1.807) is 19.1 Å². The summed E-state index contributed by atoms with van der Waals surface area (Å²) in [5.41, 5.74) is 1.63. The van der Waals surface area contributed by atoms with Crippen LogP contribution < -0.4 is 4.74 Å². The van der Waals surface area contributed by atoms with Gasteiger partial charge in [-0.3, -0.25) is 4.79 Å². The van der Waals surface area contributed by atoms with Gasteiger partial charge in [-0.25, -0.2) is 0 Å². The normalized spacial score (nSPS) is 10.3. The molecular weight excluding hydrogens is 220 g/mol. The number of aromatic nitrogens is 2. The van der Waals surface area contributed by atoms with Gasteiger partial charge in [-0.05, 0) is 24.6 Å². The van der Waals surface area contributed by atoms with E-state index < -0.39 is 0 Å². The Labute approximate surface area is 98.4 Å². The van der Waals surface area contributed by atoms with Crippen LogP contribution in [0.5, 0.6) is 5.75 Å². The van der Waals surface area contributed by atoms with Gasteiger partial charge in [0.15, 0.2) is 0 Å². The molecule has 0 N–H and O–H groups in total. The Kier molecular flexibility index (Phi) is 2.91. The lowest BCUT2D eigenvalue weighted by molar-refractivity contribution is -0.131. The highest BCUT2D eigenvalue weighted by atomic mass is 16.5. The maximum atomic E-state index is 11.0. The average molecular weight is 232 g/mol. The van der Waals surface area contributed by atoms with Crippen molar-refractivity contribution in [2.75, 3.05) is 0 Å². The molecule has 0 fully saturated rings. The quantitative estimate of drug-likeness (QED) is 0.587. The molecule has 5 nitrogen and oxygen atoms in total. The fourth-order valence-corrected chi connectivity index (χ4v) is 1.46. The number of ether oxygens (including phenoxy) is 1. The Bertz CT molecular complexity index is 561. The Morgan fingerprint density at radius 2 is 2.12 bits per heavy atom. The Morgan fingerprint density at radius 3 is 2.71 bits per heavy atom. The maximum absolute atomic E-state index is 11.0. The largest absolute Gasteiger partial charge is 0.426 e. The van der Waals surface area contributed by atoms with Crippen LogP contribution in [0.1, 0.15) is 18.4 Å². The number of rotatable bonds is 2. The molecular formula is C12H12N2O3. The second-order valence-electron chi connectivity index (χ2n) is 3.73. The molecule has 0 bridgehead atoms. The molecule has 0 amide bonds. The zero-order valence-corrected chi connectivity index (χ0v) is 9.85. The molecule has 0 radical (unpaired) electrons. The van der Waals surface area contributed by atoms with Crippen LogP contribution in [0.2, 0.25) is 0 Å².